The fourth-order valence-electron chi connectivity index (χ4n) is 3.66. The maximum Gasteiger partial charge on any atom is 0.0513 e. The SMILES string of the molecule is C=C/C=C\Cc1ccccc1Nc1cccc(N(C(=C)C=C)c2ccccc2)c1CC. The summed E-state index contributed by atoms with van der Waals surface area (Å²) in [6, 6.07) is 25.1. The van der Waals surface area contributed by atoms with Crippen LogP contribution in [0.5, 0.6) is 0 Å². The van der Waals surface area contributed by atoms with Gasteiger partial charge in [-0.15, -0.1) is 0 Å². The van der Waals surface area contributed by atoms with Gasteiger partial charge in [0.05, 0.1) is 5.69 Å². The second kappa shape index (κ2) is 10.8. The number of allylic oxidation sites excluding steroid dienone is 4. The van der Waals surface area contributed by atoms with Crippen LogP contribution in [-0.2, 0) is 12.8 Å². The molecule has 0 aromatic heterocycles. The number of rotatable bonds is 10. The highest BCUT2D eigenvalue weighted by Crippen LogP contribution is 2.37. The minimum absolute atomic E-state index is 0.841. The van der Waals surface area contributed by atoms with Crippen molar-refractivity contribution in [3.05, 3.63) is 134 Å². The fraction of sp³-hybridized carbons (Fsp3) is 0.103. The van der Waals surface area contributed by atoms with Gasteiger partial charge in [-0.2, -0.15) is 0 Å². The van der Waals surface area contributed by atoms with Crippen LogP contribution in [0.1, 0.15) is 18.1 Å². The Morgan fingerprint density at radius 1 is 0.903 bits per heavy atom. The summed E-state index contributed by atoms with van der Waals surface area (Å²) in [5.41, 5.74) is 7.68. The zero-order chi connectivity index (χ0) is 22.1. The van der Waals surface area contributed by atoms with Gasteiger partial charge in [0.2, 0.25) is 0 Å². The molecule has 0 atom stereocenters. The second-order valence-electron chi connectivity index (χ2n) is 7.17. The van der Waals surface area contributed by atoms with E-state index in [2.05, 4.69) is 97.6 Å². The first-order valence-corrected chi connectivity index (χ1v) is 10.6. The van der Waals surface area contributed by atoms with Crippen LogP contribution in [-0.4, -0.2) is 0 Å². The van der Waals surface area contributed by atoms with Crippen LogP contribution in [0.3, 0.4) is 0 Å². The molecule has 0 radical (unpaired) electrons. The van der Waals surface area contributed by atoms with Crippen molar-refractivity contribution < 1.29 is 0 Å². The van der Waals surface area contributed by atoms with E-state index in [-0.39, 0.29) is 0 Å². The van der Waals surface area contributed by atoms with Crippen LogP contribution < -0.4 is 10.2 Å². The van der Waals surface area contributed by atoms with Crippen LogP contribution in [0.4, 0.5) is 22.7 Å². The lowest BCUT2D eigenvalue weighted by atomic mass is 10.0. The minimum Gasteiger partial charge on any atom is -0.355 e. The molecular formula is C29H30N2. The van der Waals surface area contributed by atoms with Gasteiger partial charge in [-0.1, -0.05) is 87.4 Å². The van der Waals surface area contributed by atoms with Crippen LogP contribution in [0.15, 0.2) is 123 Å². The molecule has 31 heavy (non-hydrogen) atoms. The van der Waals surface area contributed by atoms with Crippen molar-refractivity contribution in [3.8, 4) is 0 Å². The molecule has 0 unspecified atom stereocenters. The predicted molar refractivity (Wildman–Crippen MR) is 137 cm³/mol. The second-order valence-corrected chi connectivity index (χ2v) is 7.17. The summed E-state index contributed by atoms with van der Waals surface area (Å²) in [5, 5.41) is 3.68. The number of para-hydroxylation sites is 2. The Balaban J connectivity index is 2.04. The van der Waals surface area contributed by atoms with Crippen LogP contribution in [0, 0.1) is 0 Å². The van der Waals surface area contributed by atoms with Crippen molar-refractivity contribution in [1.82, 2.24) is 0 Å². The summed E-state index contributed by atoms with van der Waals surface area (Å²) in [7, 11) is 0. The van der Waals surface area contributed by atoms with E-state index in [0.29, 0.717) is 0 Å². The largest absolute Gasteiger partial charge is 0.355 e. The smallest absolute Gasteiger partial charge is 0.0513 e. The Hall–Kier alpha value is -3.78. The highest BCUT2D eigenvalue weighted by Gasteiger charge is 2.17. The lowest BCUT2D eigenvalue weighted by Crippen LogP contribution is -2.16. The van der Waals surface area contributed by atoms with E-state index in [9.17, 15) is 0 Å². The summed E-state index contributed by atoms with van der Waals surface area (Å²) in [4.78, 5) is 2.16. The van der Waals surface area contributed by atoms with Gasteiger partial charge in [-0.25, -0.2) is 0 Å². The molecule has 0 bridgehead atoms. The average molecular weight is 407 g/mol. The first kappa shape index (κ1) is 21.9. The van der Waals surface area contributed by atoms with E-state index in [4.69, 9.17) is 0 Å². The zero-order valence-electron chi connectivity index (χ0n) is 18.2. The van der Waals surface area contributed by atoms with E-state index in [0.717, 1.165) is 41.3 Å². The van der Waals surface area contributed by atoms with Gasteiger partial charge in [0.25, 0.3) is 0 Å². The third-order valence-corrected chi connectivity index (χ3v) is 5.18. The summed E-state index contributed by atoms with van der Waals surface area (Å²) < 4.78 is 0. The van der Waals surface area contributed by atoms with Gasteiger partial charge in [0.15, 0.2) is 0 Å². The third-order valence-electron chi connectivity index (χ3n) is 5.18. The van der Waals surface area contributed by atoms with Crippen LogP contribution in [0.2, 0.25) is 0 Å². The molecule has 0 fully saturated rings. The van der Waals surface area contributed by atoms with Crippen LogP contribution in [0.25, 0.3) is 0 Å². The molecule has 1 N–H and O–H groups in total. The normalized spacial score (nSPS) is 10.6. The highest BCUT2D eigenvalue weighted by atomic mass is 15.1. The molecule has 3 aromatic carbocycles. The highest BCUT2D eigenvalue weighted by molar-refractivity contribution is 5.79. The molecule has 0 saturated carbocycles. The number of benzene rings is 3. The first-order chi connectivity index (χ1) is 15.2. The Labute approximate surface area is 186 Å². The molecule has 156 valence electrons. The van der Waals surface area contributed by atoms with E-state index in [1.165, 1.54) is 11.1 Å². The van der Waals surface area contributed by atoms with Crippen molar-refractivity contribution in [3.63, 3.8) is 0 Å². The third kappa shape index (κ3) is 5.23. The fourth-order valence-corrected chi connectivity index (χ4v) is 3.66. The molecule has 0 aliphatic heterocycles. The lowest BCUT2D eigenvalue weighted by Gasteiger charge is -2.29. The first-order valence-electron chi connectivity index (χ1n) is 10.6. The number of anilines is 4. The number of hydrogen-bond donors (Lipinski definition) is 1. The Morgan fingerprint density at radius 2 is 1.61 bits per heavy atom. The number of nitrogens with zero attached hydrogens (tertiary/aromatic N) is 1. The van der Waals surface area contributed by atoms with Gasteiger partial charge in [0, 0.05) is 22.8 Å². The topological polar surface area (TPSA) is 15.3 Å². The van der Waals surface area contributed by atoms with Gasteiger partial charge < -0.3 is 10.2 Å². The molecule has 0 saturated heterocycles. The zero-order valence-corrected chi connectivity index (χ0v) is 18.2. The van der Waals surface area contributed by atoms with Crippen molar-refractivity contribution in [2.75, 3.05) is 10.2 Å². The number of hydrogen-bond acceptors (Lipinski definition) is 2. The lowest BCUT2D eigenvalue weighted by molar-refractivity contribution is 1.10. The predicted octanol–water partition coefficient (Wildman–Crippen LogP) is 8.12. The molecule has 3 aromatic rings. The van der Waals surface area contributed by atoms with Gasteiger partial charge in [0.1, 0.15) is 0 Å². The van der Waals surface area contributed by atoms with Crippen LogP contribution >= 0.6 is 0 Å². The molecule has 0 heterocycles. The summed E-state index contributed by atoms with van der Waals surface area (Å²) in [5.74, 6) is 0. The van der Waals surface area contributed by atoms with Crippen molar-refractivity contribution in [2.45, 2.75) is 19.8 Å². The standard InChI is InChI=1S/C29H30N2/c1-5-8-10-16-24-17-13-14-20-27(24)30-28-21-15-22-29(26(28)7-3)31(23(4)6-2)25-18-11-9-12-19-25/h5-6,8-15,17-22,30H,1-2,4,7,16H2,3H3/b10-8-. The van der Waals surface area contributed by atoms with E-state index in [1.54, 1.807) is 12.2 Å². The van der Waals surface area contributed by atoms with Crippen molar-refractivity contribution >= 4 is 22.7 Å². The molecule has 0 amide bonds. The van der Waals surface area contributed by atoms with E-state index >= 15 is 0 Å². The minimum atomic E-state index is 0.841. The molecule has 2 nitrogen and oxygen atoms in total. The van der Waals surface area contributed by atoms with Gasteiger partial charge >= 0.3 is 0 Å². The molecule has 2 heteroatoms. The average Bonchev–Trinajstić information content (AvgIpc) is 2.81. The molecular weight excluding hydrogens is 376 g/mol. The van der Waals surface area contributed by atoms with Gasteiger partial charge in [-0.05, 0) is 60.4 Å². The molecule has 0 spiro atoms. The van der Waals surface area contributed by atoms with E-state index < -0.39 is 0 Å². The molecule has 0 aliphatic rings. The summed E-state index contributed by atoms with van der Waals surface area (Å²) >= 11 is 0. The number of nitrogens with one attached hydrogen (secondary N) is 1. The maximum atomic E-state index is 4.24. The summed E-state index contributed by atoms with van der Waals surface area (Å²) in [6.07, 6.45) is 9.43. The Morgan fingerprint density at radius 3 is 2.32 bits per heavy atom. The molecule has 3 rings (SSSR count). The Kier molecular flexibility index (Phi) is 7.67. The molecule has 0 aliphatic carbocycles. The summed E-state index contributed by atoms with van der Waals surface area (Å²) in [6.45, 7) is 14.1. The Bertz CT molecular complexity index is 1080. The monoisotopic (exact) mass is 406 g/mol. The van der Waals surface area contributed by atoms with Crippen molar-refractivity contribution in [2.24, 2.45) is 0 Å². The quantitative estimate of drug-likeness (QED) is 0.342. The van der Waals surface area contributed by atoms with E-state index in [1.807, 2.05) is 24.3 Å². The maximum absolute atomic E-state index is 4.24. The van der Waals surface area contributed by atoms with Crippen molar-refractivity contribution in [1.29, 1.82) is 0 Å². The van der Waals surface area contributed by atoms with Gasteiger partial charge in [-0.3, -0.25) is 0 Å².